The molecule has 146 valence electrons. The molecule has 28 heavy (non-hydrogen) atoms. The highest BCUT2D eigenvalue weighted by atomic mass is 32.1. The molecular formula is C21H22FN3O2S. The van der Waals surface area contributed by atoms with E-state index in [0.29, 0.717) is 17.6 Å². The van der Waals surface area contributed by atoms with Crippen LogP contribution < -0.4 is 0 Å². The van der Waals surface area contributed by atoms with E-state index in [2.05, 4.69) is 10.1 Å². The summed E-state index contributed by atoms with van der Waals surface area (Å²) in [6, 6.07) is 9.94. The van der Waals surface area contributed by atoms with Gasteiger partial charge < -0.3 is 9.42 Å². The molecular weight excluding hydrogens is 377 g/mol. The van der Waals surface area contributed by atoms with E-state index in [0.717, 1.165) is 49.2 Å². The van der Waals surface area contributed by atoms with Crippen LogP contribution >= 0.6 is 11.3 Å². The summed E-state index contributed by atoms with van der Waals surface area (Å²) in [4.78, 5) is 20.9. The molecule has 0 spiro atoms. The zero-order chi connectivity index (χ0) is 19.5. The van der Waals surface area contributed by atoms with Gasteiger partial charge in [0.1, 0.15) is 5.82 Å². The number of aromatic nitrogens is 2. The number of benzene rings is 1. The van der Waals surface area contributed by atoms with Crippen LogP contribution in [0, 0.1) is 18.7 Å². The van der Waals surface area contributed by atoms with Crippen LogP contribution in [0.15, 0.2) is 40.9 Å². The van der Waals surface area contributed by atoms with E-state index in [9.17, 15) is 9.18 Å². The average Bonchev–Trinajstić information content (AvgIpc) is 3.36. The third kappa shape index (κ3) is 4.30. The van der Waals surface area contributed by atoms with Crippen molar-refractivity contribution in [2.24, 2.45) is 5.92 Å². The fraction of sp³-hybridized carbons (Fsp3) is 0.381. The molecule has 1 amide bonds. The van der Waals surface area contributed by atoms with Gasteiger partial charge in [0.25, 0.3) is 11.8 Å². The Bertz CT molecular complexity index is 943. The fourth-order valence-corrected chi connectivity index (χ4v) is 4.36. The lowest BCUT2D eigenvalue weighted by Crippen LogP contribution is -2.38. The van der Waals surface area contributed by atoms with Crippen LogP contribution in [0.1, 0.15) is 39.6 Å². The highest BCUT2D eigenvalue weighted by Gasteiger charge is 2.24. The number of carbonyl (C=O) groups is 1. The van der Waals surface area contributed by atoms with Gasteiger partial charge >= 0.3 is 0 Å². The summed E-state index contributed by atoms with van der Waals surface area (Å²) in [5, 5.41) is 4.04. The lowest BCUT2D eigenvalue weighted by molar-refractivity contribution is 0.0691. The van der Waals surface area contributed by atoms with Crippen LogP contribution in [-0.2, 0) is 6.42 Å². The molecule has 1 aliphatic rings. The number of rotatable bonds is 5. The SMILES string of the molecule is Cc1ccc(C(=O)N2CCC(CCc3noc(-c4ccc(F)cc4)n3)CC2)s1. The molecule has 5 nitrogen and oxygen atoms in total. The molecule has 2 aromatic heterocycles. The number of piperidine rings is 1. The Morgan fingerprint density at radius 3 is 2.64 bits per heavy atom. The molecule has 0 N–H and O–H groups in total. The van der Waals surface area contributed by atoms with Gasteiger partial charge in [0.2, 0.25) is 0 Å². The summed E-state index contributed by atoms with van der Waals surface area (Å²) < 4.78 is 18.3. The van der Waals surface area contributed by atoms with Crippen LogP contribution in [0.4, 0.5) is 4.39 Å². The fourth-order valence-electron chi connectivity index (χ4n) is 3.53. The minimum Gasteiger partial charge on any atom is -0.338 e. The highest BCUT2D eigenvalue weighted by Crippen LogP contribution is 2.25. The Morgan fingerprint density at radius 2 is 1.96 bits per heavy atom. The highest BCUT2D eigenvalue weighted by molar-refractivity contribution is 7.13. The molecule has 1 aliphatic heterocycles. The van der Waals surface area contributed by atoms with E-state index in [1.54, 1.807) is 23.5 Å². The Balaban J connectivity index is 1.27. The quantitative estimate of drug-likeness (QED) is 0.622. The summed E-state index contributed by atoms with van der Waals surface area (Å²) >= 11 is 1.56. The molecule has 0 atom stereocenters. The Kier molecular flexibility index (Phi) is 5.52. The summed E-state index contributed by atoms with van der Waals surface area (Å²) in [5.74, 6) is 1.51. The molecule has 0 radical (unpaired) electrons. The van der Waals surface area contributed by atoms with Crippen molar-refractivity contribution in [3.8, 4) is 11.5 Å². The van der Waals surface area contributed by atoms with Gasteiger partial charge in [-0.25, -0.2) is 4.39 Å². The van der Waals surface area contributed by atoms with E-state index in [1.165, 1.54) is 17.0 Å². The molecule has 1 aromatic carbocycles. The number of amides is 1. The van der Waals surface area contributed by atoms with Gasteiger partial charge in [0.05, 0.1) is 4.88 Å². The predicted octanol–water partition coefficient (Wildman–Crippen LogP) is 4.73. The standard InChI is InChI=1S/C21H22FN3O2S/c1-14-2-8-18(28-14)21(26)25-12-10-15(11-13-25)3-9-19-23-20(27-24-19)16-4-6-17(22)7-5-16/h2,4-8,15H,3,9-13H2,1H3. The zero-order valence-corrected chi connectivity index (χ0v) is 16.5. The first-order valence-corrected chi connectivity index (χ1v) is 10.3. The van der Waals surface area contributed by atoms with Crippen molar-refractivity contribution >= 4 is 17.2 Å². The number of likely N-dealkylation sites (tertiary alicyclic amines) is 1. The minimum atomic E-state index is -0.289. The molecule has 1 fully saturated rings. The molecule has 0 unspecified atom stereocenters. The number of aryl methyl sites for hydroxylation is 2. The van der Waals surface area contributed by atoms with Gasteiger partial charge in [0.15, 0.2) is 5.82 Å². The number of halogens is 1. The number of hydrogen-bond donors (Lipinski definition) is 0. The lowest BCUT2D eigenvalue weighted by atomic mass is 9.92. The number of hydrogen-bond acceptors (Lipinski definition) is 5. The summed E-state index contributed by atoms with van der Waals surface area (Å²) in [6.45, 7) is 3.62. The van der Waals surface area contributed by atoms with Gasteiger partial charge in [0, 0.05) is 30.0 Å². The van der Waals surface area contributed by atoms with Crippen LogP contribution in [-0.4, -0.2) is 34.0 Å². The van der Waals surface area contributed by atoms with Gasteiger partial charge in [-0.15, -0.1) is 11.3 Å². The van der Waals surface area contributed by atoms with Crippen molar-refractivity contribution in [2.45, 2.75) is 32.6 Å². The maximum absolute atomic E-state index is 13.0. The van der Waals surface area contributed by atoms with Crippen LogP contribution in [0.2, 0.25) is 0 Å². The van der Waals surface area contributed by atoms with Crippen molar-refractivity contribution in [1.82, 2.24) is 15.0 Å². The molecule has 0 bridgehead atoms. The van der Waals surface area contributed by atoms with E-state index < -0.39 is 0 Å². The molecule has 4 rings (SSSR count). The zero-order valence-electron chi connectivity index (χ0n) is 15.7. The van der Waals surface area contributed by atoms with Gasteiger partial charge in [-0.2, -0.15) is 4.98 Å². The lowest BCUT2D eigenvalue weighted by Gasteiger charge is -2.31. The van der Waals surface area contributed by atoms with Crippen molar-refractivity contribution in [3.63, 3.8) is 0 Å². The maximum Gasteiger partial charge on any atom is 0.263 e. The van der Waals surface area contributed by atoms with Crippen LogP contribution in [0.5, 0.6) is 0 Å². The first kappa shape index (κ1) is 18.8. The molecule has 0 aliphatic carbocycles. The van der Waals surface area contributed by atoms with Crippen molar-refractivity contribution in [2.75, 3.05) is 13.1 Å². The predicted molar refractivity (Wildman–Crippen MR) is 106 cm³/mol. The minimum absolute atomic E-state index is 0.152. The number of thiophene rings is 1. The van der Waals surface area contributed by atoms with E-state index in [-0.39, 0.29) is 11.7 Å². The Morgan fingerprint density at radius 1 is 1.21 bits per heavy atom. The largest absolute Gasteiger partial charge is 0.338 e. The maximum atomic E-state index is 13.0. The Hall–Kier alpha value is -2.54. The monoisotopic (exact) mass is 399 g/mol. The van der Waals surface area contributed by atoms with Crippen molar-refractivity contribution < 1.29 is 13.7 Å². The summed E-state index contributed by atoms with van der Waals surface area (Å²) in [5.41, 5.74) is 0.718. The Labute approximate surface area is 167 Å². The molecule has 3 aromatic rings. The molecule has 0 saturated carbocycles. The van der Waals surface area contributed by atoms with Gasteiger partial charge in [-0.1, -0.05) is 5.16 Å². The van der Waals surface area contributed by atoms with Gasteiger partial charge in [-0.05, 0) is 68.5 Å². The van der Waals surface area contributed by atoms with E-state index in [1.807, 2.05) is 24.0 Å². The first-order chi connectivity index (χ1) is 13.6. The number of carbonyl (C=O) groups excluding carboxylic acids is 1. The average molecular weight is 399 g/mol. The van der Waals surface area contributed by atoms with Gasteiger partial charge in [-0.3, -0.25) is 4.79 Å². The van der Waals surface area contributed by atoms with Crippen LogP contribution in [0.3, 0.4) is 0 Å². The van der Waals surface area contributed by atoms with E-state index >= 15 is 0 Å². The van der Waals surface area contributed by atoms with Crippen LogP contribution in [0.25, 0.3) is 11.5 Å². The summed E-state index contributed by atoms with van der Waals surface area (Å²) in [6.07, 6.45) is 3.72. The molecule has 7 heteroatoms. The normalized spacial score (nSPS) is 15.1. The van der Waals surface area contributed by atoms with Crippen molar-refractivity contribution in [3.05, 3.63) is 57.8 Å². The van der Waals surface area contributed by atoms with E-state index in [4.69, 9.17) is 4.52 Å². The summed E-state index contributed by atoms with van der Waals surface area (Å²) in [7, 11) is 0. The first-order valence-electron chi connectivity index (χ1n) is 9.53. The third-order valence-corrected chi connectivity index (χ3v) is 6.18. The molecule has 3 heterocycles. The van der Waals surface area contributed by atoms with Crippen molar-refractivity contribution in [1.29, 1.82) is 0 Å². The second-order valence-corrected chi connectivity index (χ2v) is 8.50. The molecule has 1 saturated heterocycles. The number of nitrogens with zero attached hydrogens (tertiary/aromatic N) is 3. The topological polar surface area (TPSA) is 59.2 Å². The second kappa shape index (κ2) is 8.22. The third-order valence-electron chi connectivity index (χ3n) is 5.19. The second-order valence-electron chi connectivity index (χ2n) is 7.21. The smallest absolute Gasteiger partial charge is 0.263 e.